The minimum atomic E-state index is -0.778. The van der Waals surface area contributed by atoms with Gasteiger partial charge in [-0.1, -0.05) is 12.1 Å². The summed E-state index contributed by atoms with van der Waals surface area (Å²) in [6.07, 6.45) is -0.170. The quantitative estimate of drug-likeness (QED) is 0.310. The third kappa shape index (κ3) is 4.58. The topological polar surface area (TPSA) is 147 Å². The molecule has 0 atom stereocenters. The summed E-state index contributed by atoms with van der Waals surface area (Å²) in [6.45, 7) is 3.52. The fourth-order valence-electron chi connectivity index (χ4n) is 3.69. The van der Waals surface area contributed by atoms with E-state index in [9.17, 15) is 24.5 Å². The number of nitrogens with zero attached hydrogens (tertiary/aromatic N) is 4. The number of carbonyl (C=O) groups excluding carboxylic acids is 3. The zero-order valence-electron chi connectivity index (χ0n) is 18.4. The Morgan fingerprint density at radius 2 is 1.68 bits per heavy atom. The minimum absolute atomic E-state index is 0.0352. The number of amides is 3. The Labute approximate surface area is 194 Å². The van der Waals surface area contributed by atoms with E-state index in [0.717, 1.165) is 16.3 Å². The highest BCUT2D eigenvalue weighted by atomic mass is 16.6. The highest BCUT2D eigenvalue weighted by molar-refractivity contribution is 6.23. The second-order valence-corrected chi connectivity index (χ2v) is 7.70. The molecule has 1 aliphatic rings. The standard InChI is InChI=1S/C23H20N6O5/c1-13-11-14(2)25-23(24-13)27-16-6-3-5-15(12-16)26-19(30)9-10-28-21(31)17-7-4-8-18(29(33)34)20(17)22(28)32/h3-8,11-12H,9-10H2,1-2H3,(H,26,30)(H,24,25,27). The molecule has 2 aromatic carbocycles. The van der Waals surface area contributed by atoms with Crippen LogP contribution in [0.4, 0.5) is 23.0 Å². The van der Waals surface area contributed by atoms with Crippen molar-refractivity contribution in [1.82, 2.24) is 14.9 Å². The van der Waals surface area contributed by atoms with Crippen LogP contribution in [0.2, 0.25) is 0 Å². The summed E-state index contributed by atoms with van der Waals surface area (Å²) < 4.78 is 0. The Balaban J connectivity index is 1.40. The monoisotopic (exact) mass is 460 g/mol. The van der Waals surface area contributed by atoms with E-state index in [4.69, 9.17) is 0 Å². The van der Waals surface area contributed by atoms with Gasteiger partial charge >= 0.3 is 0 Å². The van der Waals surface area contributed by atoms with E-state index in [-0.39, 0.29) is 24.1 Å². The van der Waals surface area contributed by atoms with Gasteiger partial charge in [-0.15, -0.1) is 0 Å². The number of aromatic nitrogens is 2. The maximum atomic E-state index is 12.6. The van der Waals surface area contributed by atoms with Gasteiger partial charge in [-0.05, 0) is 44.2 Å². The van der Waals surface area contributed by atoms with Crippen molar-refractivity contribution in [2.45, 2.75) is 20.3 Å². The lowest BCUT2D eigenvalue weighted by molar-refractivity contribution is -0.385. The van der Waals surface area contributed by atoms with Crippen LogP contribution in [0.1, 0.15) is 38.5 Å². The van der Waals surface area contributed by atoms with Crippen molar-refractivity contribution in [2.75, 3.05) is 17.2 Å². The molecule has 34 heavy (non-hydrogen) atoms. The largest absolute Gasteiger partial charge is 0.326 e. The normalized spacial score (nSPS) is 12.5. The van der Waals surface area contributed by atoms with Gasteiger partial charge in [0.2, 0.25) is 11.9 Å². The summed E-state index contributed by atoms with van der Waals surface area (Å²) in [5.41, 5.74) is 2.08. The first-order valence-corrected chi connectivity index (χ1v) is 10.4. The number of rotatable bonds is 7. The number of hydrogen-bond acceptors (Lipinski definition) is 8. The first kappa shape index (κ1) is 22.5. The Kier molecular flexibility index (Phi) is 6.00. The Hall–Kier alpha value is -4.67. The van der Waals surface area contributed by atoms with Crippen LogP contribution >= 0.6 is 0 Å². The Morgan fingerprint density at radius 1 is 1.00 bits per heavy atom. The summed E-state index contributed by atoms with van der Waals surface area (Å²) >= 11 is 0. The van der Waals surface area contributed by atoms with E-state index in [2.05, 4.69) is 20.6 Å². The molecule has 3 aromatic rings. The van der Waals surface area contributed by atoms with Crippen molar-refractivity contribution in [1.29, 1.82) is 0 Å². The molecule has 4 rings (SSSR count). The highest BCUT2D eigenvalue weighted by Crippen LogP contribution is 2.30. The van der Waals surface area contributed by atoms with Crippen LogP contribution in [-0.2, 0) is 4.79 Å². The van der Waals surface area contributed by atoms with Crippen LogP contribution in [0, 0.1) is 24.0 Å². The summed E-state index contributed by atoms with van der Waals surface area (Å²) in [5.74, 6) is -1.43. The lowest BCUT2D eigenvalue weighted by atomic mass is 10.1. The van der Waals surface area contributed by atoms with Crippen molar-refractivity contribution >= 4 is 40.7 Å². The Bertz CT molecular complexity index is 1320. The minimum Gasteiger partial charge on any atom is -0.326 e. The number of nitro benzene ring substituents is 1. The summed E-state index contributed by atoms with van der Waals surface area (Å²) in [6, 6.07) is 12.7. The summed E-state index contributed by atoms with van der Waals surface area (Å²) in [5, 5.41) is 17.0. The van der Waals surface area contributed by atoms with Crippen molar-refractivity contribution in [3.8, 4) is 0 Å². The molecular formula is C23H20N6O5. The van der Waals surface area contributed by atoms with Gasteiger partial charge in [0.15, 0.2) is 0 Å². The SMILES string of the molecule is Cc1cc(C)nc(Nc2cccc(NC(=O)CCN3C(=O)c4cccc([N+](=O)[O-])c4C3=O)c2)n1. The van der Waals surface area contributed by atoms with Crippen molar-refractivity contribution in [3.05, 3.63) is 81.2 Å². The van der Waals surface area contributed by atoms with Crippen LogP contribution in [0.25, 0.3) is 0 Å². The molecule has 0 saturated heterocycles. The fraction of sp³-hybridized carbons (Fsp3) is 0.174. The number of imide groups is 1. The molecule has 2 N–H and O–H groups in total. The average molecular weight is 460 g/mol. The van der Waals surface area contributed by atoms with Gasteiger partial charge in [0.25, 0.3) is 17.5 Å². The number of carbonyl (C=O) groups is 3. The Morgan fingerprint density at radius 3 is 2.38 bits per heavy atom. The van der Waals surface area contributed by atoms with E-state index < -0.39 is 28.3 Å². The van der Waals surface area contributed by atoms with Crippen LogP contribution in [0.5, 0.6) is 0 Å². The average Bonchev–Trinajstić information content (AvgIpc) is 3.01. The first-order chi connectivity index (χ1) is 16.2. The molecule has 0 saturated carbocycles. The van der Waals surface area contributed by atoms with Crippen molar-refractivity contribution in [2.24, 2.45) is 0 Å². The second-order valence-electron chi connectivity index (χ2n) is 7.70. The van der Waals surface area contributed by atoms with Gasteiger partial charge in [-0.25, -0.2) is 9.97 Å². The predicted octanol–water partition coefficient (Wildman–Crippen LogP) is 3.37. The summed E-state index contributed by atoms with van der Waals surface area (Å²) in [7, 11) is 0. The van der Waals surface area contributed by atoms with Gasteiger partial charge in [0.05, 0.1) is 10.5 Å². The third-order valence-electron chi connectivity index (χ3n) is 5.12. The molecule has 1 aromatic heterocycles. The molecule has 0 unspecified atom stereocenters. The third-order valence-corrected chi connectivity index (χ3v) is 5.12. The van der Waals surface area contributed by atoms with E-state index in [0.29, 0.717) is 17.3 Å². The van der Waals surface area contributed by atoms with Crippen molar-refractivity contribution < 1.29 is 19.3 Å². The number of hydrogen-bond donors (Lipinski definition) is 2. The van der Waals surface area contributed by atoms with E-state index in [1.807, 2.05) is 19.9 Å². The van der Waals surface area contributed by atoms with Gasteiger partial charge in [-0.3, -0.25) is 29.4 Å². The first-order valence-electron chi connectivity index (χ1n) is 10.4. The van der Waals surface area contributed by atoms with Crippen LogP contribution < -0.4 is 10.6 Å². The summed E-state index contributed by atoms with van der Waals surface area (Å²) in [4.78, 5) is 57.6. The molecule has 2 heterocycles. The lowest BCUT2D eigenvalue weighted by Gasteiger charge is -2.14. The van der Waals surface area contributed by atoms with E-state index in [1.165, 1.54) is 18.2 Å². The molecular weight excluding hydrogens is 440 g/mol. The molecule has 0 aliphatic carbocycles. The maximum absolute atomic E-state index is 12.6. The molecule has 0 fully saturated rings. The zero-order chi connectivity index (χ0) is 24.4. The molecule has 11 nitrogen and oxygen atoms in total. The van der Waals surface area contributed by atoms with E-state index in [1.54, 1.807) is 24.3 Å². The molecule has 1 aliphatic heterocycles. The molecule has 3 amide bonds. The maximum Gasteiger partial charge on any atom is 0.282 e. The smallest absolute Gasteiger partial charge is 0.282 e. The highest BCUT2D eigenvalue weighted by Gasteiger charge is 2.40. The number of fused-ring (bicyclic) bond motifs is 1. The van der Waals surface area contributed by atoms with E-state index >= 15 is 0 Å². The lowest BCUT2D eigenvalue weighted by Crippen LogP contribution is -2.33. The van der Waals surface area contributed by atoms with Gasteiger partial charge in [-0.2, -0.15) is 0 Å². The number of anilines is 3. The van der Waals surface area contributed by atoms with Crippen molar-refractivity contribution in [3.63, 3.8) is 0 Å². The number of benzene rings is 2. The van der Waals surface area contributed by atoms with Crippen LogP contribution in [-0.4, -0.2) is 44.1 Å². The predicted molar refractivity (Wildman–Crippen MR) is 123 cm³/mol. The van der Waals surface area contributed by atoms with Gasteiger partial charge < -0.3 is 10.6 Å². The van der Waals surface area contributed by atoms with Gasteiger partial charge in [0.1, 0.15) is 5.56 Å². The number of aryl methyl sites for hydroxylation is 2. The van der Waals surface area contributed by atoms with Crippen LogP contribution in [0.15, 0.2) is 48.5 Å². The molecule has 0 radical (unpaired) electrons. The number of nitrogens with one attached hydrogen (secondary N) is 2. The fourth-order valence-corrected chi connectivity index (χ4v) is 3.69. The second kappa shape index (κ2) is 9.06. The zero-order valence-corrected chi connectivity index (χ0v) is 18.4. The molecule has 11 heteroatoms. The number of nitro groups is 1. The van der Waals surface area contributed by atoms with Crippen LogP contribution in [0.3, 0.4) is 0 Å². The molecule has 172 valence electrons. The van der Waals surface area contributed by atoms with Gasteiger partial charge in [0, 0.05) is 41.8 Å². The molecule has 0 bridgehead atoms. The molecule has 0 spiro atoms.